The highest BCUT2D eigenvalue weighted by atomic mass is 16.3. The van der Waals surface area contributed by atoms with Crippen LogP contribution in [0.5, 0.6) is 0 Å². The van der Waals surface area contributed by atoms with E-state index < -0.39 is 6.10 Å². The number of fused-ring (bicyclic) bond motifs is 1. The standard InChI is InChI=1S/C12H16N4O2/c1-7(5-8(2)17)11(18)9-3-4-10-12(13)14-6-15-16(9)10/h3-4,6-8,17H,5H2,1-2H3,(H2,13,14,15)/t7-,8-/m1/s1. The van der Waals surface area contributed by atoms with Crippen LogP contribution in [0.15, 0.2) is 18.5 Å². The summed E-state index contributed by atoms with van der Waals surface area (Å²) in [7, 11) is 0. The average molecular weight is 248 g/mol. The Labute approximate surface area is 104 Å². The Morgan fingerprint density at radius 2 is 2.22 bits per heavy atom. The van der Waals surface area contributed by atoms with E-state index in [1.807, 2.05) is 0 Å². The van der Waals surface area contributed by atoms with Gasteiger partial charge in [-0.2, -0.15) is 5.10 Å². The number of aliphatic hydroxyl groups excluding tert-OH is 1. The molecule has 0 saturated heterocycles. The number of aromatic nitrogens is 3. The largest absolute Gasteiger partial charge is 0.393 e. The molecule has 0 fully saturated rings. The number of aliphatic hydroxyl groups is 1. The molecule has 0 bridgehead atoms. The molecule has 2 aromatic rings. The molecule has 0 unspecified atom stereocenters. The zero-order valence-corrected chi connectivity index (χ0v) is 10.4. The van der Waals surface area contributed by atoms with Crippen LogP contribution in [-0.4, -0.2) is 31.6 Å². The highest BCUT2D eigenvalue weighted by Gasteiger charge is 2.20. The molecule has 0 aromatic carbocycles. The first-order valence-electron chi connectivity index (χ1n) is 5.81. The van der Waals surface area contributed by atoms with Gasteiger partial charge in [-0.05, 0) is 25.5 Å². The first-order valence-corrected chi connectivity index (χ1v) is 5.81. The molecular formula is C12H16N4O2. The summed E-state index contributed by atoms with van der Waals surface area (Å²) in [4.78, 5) is 16.1. The van der Waals surface area contributed by atoms with Crippen LogP contribution in [0, 0.1) is 5.92 Å². The van der Waals surface area contributed by atoms with Crippen LogP contribution in [0.1, 0.15) is 30.8 Å². The predicted octanol–water partition coefficient (Wildman–Crippen LogP) is 0.901. The summed E-state index contributed by atoms with van der Waals surface area (Å²) in [5.74, 6) is 0.0144. The van der Waals surface area contributed by atoms with Crippen LogP contribution < -0.4 is 5.73 Å². The molecule has 6 heteroatoms. The second-order valence-electron chi connectivity index (χ2n) is 4.51. The summed E-state index contributed by atoms with van der Waals surface area (Å²) >= 11 is 0. The summed E-state index contributed by atoms with van der Waals surface area (Å²) in [6.07, 6.45) is 1.24. The normalized spacial score (nSPS) is 14.6. The molecule has 2 aromatic heterocycles. The van der Waals surface area contributed by atoms with Crippen molar-refractivity contribution in [2.45, 2.75) is 26.4 Å². The minimum atomic E-state index is -0.505. The van der Waals surface area contributed by atoms with Gasteiger partial charge >= 0.3 is 0 Å². The van der Waals surface area contributed by atoms with Crippen molar-refractivity contribution >= 4 is 17.1 Å². The first kappa shape index (κ1) is 12.5. The lowest BCUT2D eigenvalue weighted by Crippen LogP contribution is -2.19. The number of anilines is 1. The topological polar surface area (TPSA) is 93.5 Å². The van der Waals surface area contributed by atoms with Gasteiger partial charge in [-0.3, -0.25) is 4.79 Å². The van der Waals surface area contributed by atoms with E-state index in [4.69, 9.17) is 5.73 Å². The molecule has 96 valence electrons. The SMILES string of the molecule is C[C@H](C[C@@H](C)O)C(=O)c1ccc2c(N)ncnn12. The second-order valence-corrected chi connectivity index (χ2v) is 4.51. The van der Waals surface area contributed by atoms with Crippen LogP contribution in [0.2, 0.25) is 0 Å². The van der Waals surface area contributed by atoms with Crippen molar-refractivity contribution in [2.24, 2.45) is 5.92 Å². The van der Waals surface area contributed by atoms with Crippen molar-refractivity contribution in [3.05, 3.63) is 24.2 Å². The Balaban J connectivity index is 2.37. The Kier molecular flexibility index (Phi) is 3.29. The van der Waals surface area contributed by atoms with E-state index in [1.54, 1.807) is 26.0 Å². The van der Waals surface area contributed by atoms with E-state index in [9.17, 15) is 9.90 Å². The molecule has 2 atom stereocenters. The Morgan fingerprint density at radius 1 is 1.50 bits per heavy atom. The summed E-state index contributed by atoms with van der Waals surface area (Å²) in [6.45, 7) is 3.46. The van der Waals surface area contributed by atoms with E-state index in [2.05, 4.69) is 10.1 Å². The maximum Gasteiger partial charge on any atom is 0.184 e. The average Bonchev–Trinajstić information content (AvgIpc) is 2.72. The molecule has 6 nitrogen and oxygen atoms in total. The van der Waals surface area contributed by atoms with Gasteiger partial charge < -0.3 is 10.8 Å². The summed E-state index contributed by atoms with van der Waals surface area (Å²) < 4.78 is 1.49. The number of carbonyl (C=O) groups excluding carboxylic acids is 1. The molecule has 0 aliphatic rings. The van der Waals surface area contributed by atoms with Gasteiger partial charge in [0.25, 0.3) is 0 Å². The van der Waals surface area contributed by atoms with Gasteiger partial charge in [-0.1, -0.05) is 6.92 Å². The summed E-state index contributed by atoms with van der Waals surface area (Å²) in [5.41, 5.74) is 6.78. The van der Waals surface area contributed by atoms with Gasteiger partial charge in [0.2, 0.25) is 0 Å². The number of ketones is 1. The smallest absolute Gasteiger partial charge is 0.184 e. The van der Waals surface area contributed by atoms with Gasteiger partial charge in [-0.15, -0.1) is 0 Å². The number of Topliss-reactive ketones (excluding diaryl/α,β-unsaturated/α-hetero) is 1. The molecule has 2 rings (SSSR count). The predicted molar refractivity (Wildman–Crippen MR) is 67.2 cm³/mol. The van der Waals surface area contributed by atoms with Gasteiger partial charge in [0.15, 0.2) is 11.6 Å². The van der Waals surface area contributed by atoms with Crippen LogP contribution >= 0.6 is 0 Å². The fourth-order valence-electron chi connectivity index (χ4n) is 2.01. The molecule has 0 amide bonds. The van der Waals surface area contributed by atoms with Gasteiger partial charge in [0.05, 0.1) is 6.10 Å². The fraction of sp³-hybridized carbons (Fsp3) is 0.417. The molecule has 0 spiro atoms. The first-order chi connectivity index (χ1) is 8.50. The number of rotatable bonds is 4. The molecule has 0 aliphatic carbocycles. The minimum Gasteiger partial charge on any atom is -0.393 e. The summed E-state index contributed by atoms with van der Waals surface area (Å²) in [6, 6.07) is 3.40. The molecule has 0 aliphatic heterocycles. The Morgan fingerprint density at radius 3 is 2.89 bits per heavy atom. The number of nitrogens with two attached hydrogens (primary N) is 1. The molecule has 2 heterocycles. The molecule has 0 saturated carbocycles. The maximum atomic E-state index is 12.2. The highest BCUT2D eigenvalue weighted by Crippen LogP contribution is 2.18. The van der Waals surface area contributed by atoms with Crippen molar-refractivity contribution in [2.75, 3.05) is 5.73 Å². The summed E-state index contributed by atoms with van der Waals surface area (Å²) in [5, 5.41) is 13.3. The zero-order valence-electron chi connectivity index (χ0n) is 10.4. The monoisotopic (exact) mass is 248 g/mol. The number of nitrogen functional groups attached to an aromatic ring is 1. The lowest BCUT2D eigenvalue weighted by molar-refractivity contribution is 0.0861. The van der Waals surface area contributed by atoms with E-state index in [-0.39, 0.29) is 11.7 Å². The van der Waals surface area contributed by atoms with Crippen LogP contribution in [0.4, 0.5) is 5.82 Å². The van der Waals surface area contributed by atoms with Crippen molar-refractivity contribution in [1.82, 2.24) is 14.6 Å². The molecule has 18 heavy (non-hydrogen) atoms. The van der Waals surface area contributed by atoms with E-state index >= 15 is 0 Å². The van der Waals surface area contributed by atoms with E-state index in [1.165, 1.54) is 10.8 Å². The third kappa shape index (κ3) is 2.19. The number of hydrogen-bond acceptors (Lipinski definition) is 5. The molecular weight excluding hydrogens is 232 g/mol. The second kappa shape index (κ2) is 4.73. The lowest BCUT2D eigenvalue weighted by atomic mass is 9.98. The minimum absolute atomic E-state index is 0.0611. The fourth-order valence-corrected chi connectivity index (χ4v) is 2.01. The van der Waals surface area contributed by atoms with Gasteiger partial charge in [0.1, 0.15) is 17.5 Å². The van der Waals surface area contributed by atoms with E-state index in [0.29, 0.717) is 23.4 Å². The van der Waals surface area contributed by atoms with Crippen molar-refractivity contribution in [3.8, 4) is 0 Å². The van der Waals surface area contributed by atoms with Crippen molar-refractivity contribution in [1.29, 1.82) is 0 Å². The van der Waals surface area contributed by atoms with Crippen LogP contribution in [0.25, 0.3) is 5.52 Å². The third-order valence-electron chi connectivity index (χ3n) is 2.88. The van der Waals surface area contributed by atoms with Gasteiger partial charge in [-0.25, -0.2) is 9.50 Å². The quantitative estimate of drug-likeness (QED) is 0.784. The van der Waals surface area contributed by atoms with Crippen LogP contribution in [0.3, 0.4) is 0 Å². The van der Waals surface area contributed by atoms with Crippen LogP contribution in [-0.2, 0) is 0 Å². The van der Waals surface area contributed by atoms with E-state index in [0.717, 1.165) is 0 Å². The third-order valence-corrected chi connectivity index (χ3v) is 2.88. The Bertz CT molecular complexity index is 576. The highest BCUT2D eigenvalue weighted by molar-refractivity contribution is 5.97. The van der Waals surface area contributed by atoms with Gasteiger partial charge in [0, 0.05) is 5.92 Å². The Hall–Kier alpha value is -1.95. The molecule has 3 N–H and O–H groups in total. The molecule has 0 radical (unpaired) electrons. The van der Waals surface area contributed by atoms with Crippen molar-refractivity contribution in [3.63, 3.8) is 0 Å². The lowest BCUT2D eigenvalue weighted by Gasteiger charge is -2.11. The number of carbonyl (C=O) groups is 1. The maximum absolute atomic E-state index is 12.2. The zero-order chi connectivity index (χ0) is 13.3. The number of hydrogen-bond donors (Lipinski definition) is 2. The van der Waals surface area contributed by atoms with Crippen molar-refractivity contribution < 1.29 is 9.90 Å². The number of nitrogens with zero attached hydrogens (tertiary/aromatic N) is 3.